The fraction of sp³-hybridized carbons (Fsp3) is 0.438. The molecule has 6 heteroatoms. The Bertz CT molecular complexity index is 647. The molecule has 1 aromatic carbocycles. The van der Waals surface area contributed by atoms with Gasteiger partial charge in [0.15, 0.2) is 5.69 Å². The fourth-order valence-electron chi connectivity index (χ4n) is 1.95. The Morgan fingerprint density at radius 2 is 2.00 bits per heavy atom. The normalized spacial score (nSPS) is 13.9. The zero-order valence-corrected chi connectivity index (χ0v) is 13.5. The van der Waals surface area contributed by atoms with Crippen LogP contribution < -0.4 is 11.1 Å². The van der Waals surface area contributed by atoms with Crippen molar-refractivity contribution in [3.8, 4) is 5.69 Å². The predicted molar refractivity (Wildman–Crippen MR) is 85.9 cm³/mol. The molecule has 0 spiro atoms. The topological polar surface area (TPSA) is 85.8 Å². The second-order valence-electron chi connectivity index (χ2n) is 6.11. The van der Waals surface area contributed by atoms with Crippen molar-refractivity contribution in [1.29, 1.82) is 0 Å². The molecule has 0 aliphatic heterocycles. The van der Waals surface area contributed by atoms with Gasteiger partial charge in [0.2, 0.25) is 0 Å². The van der Waals surface area contributed by atoms with Crippen LogP contribution in [0.1, 0.15) is 36.8 Å². The Labute approximate surface area is 130 Å². The number of nitrogens with zero attached hydrogens (tertiary/aromatic N) is 3. The first kappa shape index (κ1) is 16.2. The van der Waals surface area contributed by atoms with E-state index in [1.807, 2.05) is 52.0 Å². The van der Waals surface area contributed by atoms with Crippen molar-refractivity contribution < 1.29 is 4.79 Å². The second kappa shape index (κ2) is 6.27. The molecule has 0 fully saturated rings. The first-order valence-electron chi connectivity index (χ1n) is 7.37. The average Bonchev–Trinajstić information content (AvgIpc) is 2.97. The first-order valence-corrected chi connectivity index (χ1v) is 7.37. The number of hydrogen-bond acceptors (Lipinski definition) is 4. The summed E-state index contributed by atoms with van der Waals surface area (Å²) in [6, 6.07) is 7.84. The number of rotatable bonds is 5. The highest BCUT2D eigenvalue weighted by Crippen LogP contribution is 2.16. The molecule has 0 aliphatic rings. The minimum Gasteiger partial charge on any atom is -0.344 e. The van der Waals surface area contributed by atoms with Crippen molar-refractivity contribution in [2.24, 2.45) is 11.7 Å². The molecule has 1 heterocycles. The Kier molecular flexibility index (Phi) is 4.61. The smallest absolute Gasteiger partial charge is 0.273 e. The molecule has 0 radical (unpaired) electrons. The standard InChI is InChI=1S/C16H23N5O/c1-11(2)16(4,10-17)18-15(22)14-9-21(20-19-14)13-7-5-12(3)6-8-13/h5-9,11H,10,17H2,1-4H3,(H,18,22). The molecule has 118 valence electrons. The van der Waals surface area contributed by atoms with Crippen molar-refractivity contribution >= 4 is 5.91 Å². The van der Waals surface area contributed by atoms with Crippen molar-refractivity contribution in [2.75, 3.05) is 6.54 Å². The van der Waals surface area contributed by atoms with Gasteiger partial charge in [-0.05, 0) is 31.9 Å². The van der Waals surface area contributed by atoms with Crippen LogP contribution >= 0.6 is 0 Å². The minimum atomic E-state index is -0.468. The van der Waals surface area contributed by atoms with Gasteiger partial charge in [0, 0.05) is 6.54 Å². The average molecular weight is 301 g/mol. The summed E-state index contributed by atoms with van der Waals surface area (Å²) in [7, 11) is 0. The third-order valence-corrected chi connectivity index (χ3v) is 4.12. The molecule has 6 nitrogen and oxygen atoms in total. The van der Waals surface area contributed by atoms with Crippen LogP contribution in [-0.4, -0.2) is 33.0 Å². The highest BCUT2D eigenvalue weighted by molar-refractivity contribution is 5.92. The Balaban J connectivity index is 2.17. The van der Waals surface area contributed by atoms with Crippen LogP contribution in [0.4, 0.5) is 0 Å². The molecular formula is C16H23N5O. The summed E-state index contributed by atoms with van der Waals surface area (Å²) in [4.78, 5) is 12.3. The van der Waals surface area contributed by atoms with Crippen LogP contribution in [0.25, 0.3) is 5.69 Å². The van der Waals surface area contributed by atoms with Crippen LogP contribution in [0, 0.1) is 12.8 Å². The largest absolute Gasteiger partial charge is 0.344 e. The Morgan fingerprint density at radius 1 is 1.36 bits per heavy atom. The lowest BCUT2D eigenvalue weighted by Gasteiger charge is -2.33. The zero-order valence-electron chi connectivity index (χ0n) is 13.5. The maximum Gasteiger partial charge on any atom is 0.273 e. The van der Waals surface area contributed by atoms with Gasteiger partial charge in [0.05, 0.1) is 17.4 Å². The molecule has 0 bridgehead atoms. The Morgan fingerprint density at radius 3 is 2.55 bits per heavy atom. The summed E-state index contributed by atoms with van der Waals surface area (Å²) in [5.74, 6) is -0.0476. The lowest BCUT2D eigenvalue weighted by molar-refractivity contribution is 0.0878. The summed E-state index contributed by atoms with van der Waals surface area (Å²) in [6.45, 7) is 8.36. The van der Waals surface area contributed by atoms with Crippen molar-refractivity contribution in [1.82, 2.24) is 20.3 Å². The van der Waals surface area contributed by atoms with E-state index < -0.39 is 5.54 Å². The lowest BCUT2D eigenvalue weighted by Crippen LogP contribution is -2.55. The van der Waals surface area contributed by atoms with E-state index in [4.69, 9.17) is 5.73 Å². The quantitative estimate of drug-likeness (QED) is 0.879. The number of benzene rings is 1. The molecule has 0 saturated carbocycles. The van der Waals surface area contributed by atoms with Crippen LogP contribution in [-0.2, 0) is 0 Å². The third-order valence-electron chi connectivity index (χ3n) is 4.12. The molecule has 1 unspecified atom stereocenters. The maximum absolute atomic E-state index is 12.3. The first-order chi connectivity index (χ1) is 10.4. The summed E-state index contributed by atoms with van der Waals surface area (Å²) < 4.78 is 1.59. The van der Waals surface area contributed by atoms with E-state index in [9.17, 15) is 4.79 Å². The molecule has 0 saturated heterocycles. The number of hydrogen-bond donors (Lipinski definition) is 2. The van der Waals surface area contributed by atoms with Gasteiger partial charge in [-0.1, -0.05) is 36.8 Å². The Hall–Kier alpha value is -2.21. The molecule has 3 N–H and O–H groups in total. The number of carbonyl (C=O) groups excluding carboxylic acids is 1. The van der Waals surface area contributed by atoms with E-state index in [2.05, 4.69) is 15.6 Å². The fourth-order valence-corrected chi connectivity index (χ4v) is 1.95. The number of nitrogens with one attached hydrogen (secondary N) is 1. The van der Waals surface area contributed by atoms with Gasteiger partial charge in [0.25, 0.3) is 5.91 Å². The number of aryl methyl sites for hydroxylation is 1. The van der Waals surface area contributed by atoms with Gasteiger partial charge in [0.1, 0.15) is 0 Å². The SMILES string of the molecule is Cc1ccc(-n2cc(C(=O)NC(C)(CN)C(C)C)nn2)cc1. The molecule has 22 heavy (non-hydrogen) atoms. The number of carbonyl (C=O) groups is 1. The van der Waals surface area contributed by atoms with Crippen LogP contribution in [0.3, 0.4) is 0 Å². The summed E-state index contributed by atoms with van der Waals surface area (Å²) in [5, 5.41) is 10.9. The van der Waals surface area contributed by atoms with Gasteiger partial charge in [-0.25, -0.2) is 4.68 Å². The number of amides is 1. The molecule has 1 atom stereocenters. The zero-order chi connectivity index (χ0) is 16.3. The van der Waals surface area contributed by atoms with E-state index in [0.29, 0.717) is 6.54 Å². The second-order valence-corrected chi connectivity index (χ2v) is 6.11. The number of aromatic nitrogens is 3. The molecule has 1 aromatic heterocycles. The molecule has 1 amide bonds. The van der Waals surface area contributed by atoms with Gasteiger partial charge >= 0.3 is 0 Å². The molecule has 2 aromatic rings. The van der Waals surface area contributed by atoms with Crippen molar-refractivity contribution in [3.05, 3.63) is 41.7 Å². The summed E-state index contributed by atoms with van der Waals surface area (Å²) >= 11 is 0. The van der Waals surface area contributed by atoms with E-state index in [-0.39, 0.29) is 17.5 Å². The molecule has 2 rings (SSSR count). The minimum absolute atomic E-state index is 0.216. The van der Waals surface area contributed by atoms with Crippen molar-refractivity contribution in [3.63, 3.8) is 0 Å². The number of nitrogens with two attached hydrogens (primary N) is 1. The van der Waals surface area contributed by atoms with Crippen LogP contribution in [0.5, 0.6) is 0 Å². The maximum atomic E-state index is 12.3. The monoisotopic (exact) mass is 301 g/mol. The van der Waals surface area contributed by atoms with Gasteiger partial charge in [-0.3, -0.25) is 4.79 Å². The highest BCUT2D eigenvalue weighted by Gasteiger charge is 2.29. The predicted octanol–water partition coefficient (Wildman–Crippen LogP) is 1.68. The van der Waals surface area contributed by atoms with E-state index in [1.54, 1.807) is 10.9 Å². The van der Waals surface area contributed by atoms with Crippen molar-refractivity contribution in [2.45, 2.75) is 33.2 Å². The van der Waals surface area contributed by atoms with Gasteiger partial charge < -0.3 is 11.1 Å². The summed E-state index contributed by atoms with van der Waals surface area (Å²) in [6.07, 6.45) is 1.62. The van der Waals surface area contributed by atoms with Gasteiger partial charge in [-0.2, -0.15) is 0 Å². The van der Waals surface area contributed by atoms with Gasteiger partial charge in [-0.15, -0.1) is 5.10 Å². The van der Waals surface area contributed by atoms with E-state index in [1.165, 1.54) is 0 Å². The molecule has 0 aliphatic carbocycles. The van der Waals surface area contributed by atoms with E-state index in [0.717, 1.165) is 11.3 Å². The molecular weight excluding hydrogens is 278 g/mol. The van der Waals surface area contributed by atoms with Crippen LogP contribution in [0.15, 0.2) is 30.5 Å². The lowest BCUT2D eigenvalue weighted by atomic mass is 9.88. The highest BCUT2D eigenvalue weighted by atomic mass is 16.2. The van der Waals surface area contributed by atoms with Crippen LogP contribution in [0.2, 0.25) is 0 Å². The summed E-state index contributed by atoms with van der Waals surface area (Å²) in [5.41, 5.74) is 7.63. The third kappa shape index (κ3) is 3.33. The van der Waals surface area contributed by atoms with E-state index >= 15 is 0 Å².